The lowest BCUT2D eigenvalue weighted by atomic mass is 10.0. The normalized spacial score (nSPS) is 13.7. The number of para-hydroxylation sites is 1. The zero-order valence-corrected chi connectivity index (χ0v) is 12.5. The molecule has 0 spiro atoms. The van der Waals surface area contributed by atoms with E-state index in [1.807, 2.05) is 6.07 Å². The lowest BCUT2D eigenvalue weighted by Crippen LogP contribution is -2.38. The van der Waals surface area contributed by atoms with Gasteiger partial charge >= 0.3 is 5.82 Å². The van der Waals surface area contributed by atoms with Gasteiger partial charge in [0.2, 0.25) is 11.7 Å². The molecule has 0 saturated carbocycles. The number of imidazole rings is 1. The predicted octanol–water partition coefficient (Wildman–Crippen LogP) is 2.22. The third-order valence-electron chi connectivity index (χ3n) is 3.93. The number of carbonyl (C=O) groups is 1. The Morgan fingerprint density at radius 2 is 2.26 bits per heavy atom. The van der Waals surface area contributed by atoms with Crippen LogP contribution in [0, 0.1) is 22.9 Å². The molecule has 1 aliphatic heterocycles. The van der Waals surface area contributed by atoms with E-state index in [2.05, 4.69) is 4.98 Å². The summed E-state index contributed by atoms with van der Waals surface area (Å²) in [5.41, 5.74) is 1.12. The molecular formula is C15H15FN4O3. The van der Waals surface area contributed by atoms with Gasteiger partial charge in [-0.2, -0.15) is 0 Å². The van der Waals surface area contributed by atoms with E-state index in [1.165, 1.54) is 21.7 Å². The summed E-state index contributed by atoms with van der Waals surface area (Å²) in [4.78, 5) is 27.9. The predicted molar refractivity (Wildman–Crippen MR) is 80.7 cm³/mol. The summed E-state index contributed by atoms with van der Waals surface area (Å²) in [7, 11) is 0. The molecule has 0 radical (unpaired) electrons. The van der Waals surface area contributed by atoms with Gasteiger partial charge in [-0.15, -0.1) is 0 Å². The maximum Gasteiger partial charge on any atom is 0.381 e. The summed E-state index contributed by atoms with van der Waals surface area (Å²) in [6.07, 6.45) is 2.71. The highest BCUT2D eigenvalue weighted by Gasteiger charge is 2.27. The number of amides is 1. The fourth-order valence-electron chi connectivity index (χ4n) is 2.82. The van der Waals surface area contributed by atoms with Gasteiger partial charge in [-0.3, -0.25) is 9.36 Å². The van der Waals surface area contributed by atoms with Gasteiger partial charge in [-0.1, -0.05) is 12.1 Å². The Morgan fingerprint density at radius 3 is 2.96 bits per heavy atom. The third-order valence-corrected chi connectivity index (χ3v) is 3.93. The van der Waals surface area contributed by atoms with Crippen LogP contribution in [0.2, 0.25) is 0 Å². The van der Waals surface area contributed by atoms with Crippen molar-refractivity contribution in [2.24, 2.45) is 0 Å². The second-order valence-corrected chi connectivity index (χ2v) is 5.43. The molecule has 8 heteroatoms. The molecule has 120 valence electrons. The quantitative estimate of drug-likeness (QED) is 0.642. The molecule has 0 fully saturated rings. The number of nitro groups is 1. The number of carbonyl (C=O) groups excluding carboxylic acids is 1. The molecule has 0 N–H and O–H groups in total. The van der Waals surface area contributed by atoms with Crippen molar-refractivity contribution in [2.45, 2.75) is 26.3 Å². The summed E-state index contributed by atoms with van der Waals surface area (Å²) < 4.78 is 15.5. The highest BCUT2D eigenvalue weighted by molar-refractivity contribution is 5.94. The number of aromatic nitrogens is 2. The Labute approximate surface area is 131 Å². The molecule has 7 nitrogen and oxygen atoms in total. The Bertz CT molecular complexity index is 787. The first-order valence-corrected chi connectivity index (χ1v) is 7.23. The van der Waals surface area contributed by atoms with E-state index < -0.39 is 10.7 Å². The fraction of sp³-hybridized carbons (Fsp3) is 0.333. The highest BCUT2D eigenvalue weighted by atomic mass is 19.1. The number of hydrogen-bond donors (Lipinski definition) is 0. The maximum absolute atomic E-state index is 14.1. The van der Waals surface area contributed by atoms with Crippen molar-refractivity contribution in [3.05, 3.63) is 51.7 Å². The molecule has 1 aromatic carbocycles. The summed E-state index contributed by atoms with van der Waals surface area (Å²) in [5.74, 6) is -0.674. The molecule has 1 amide bonds. The molecule has 0 atom stereocenters. The second kappa shape index (κ2) is 5.79. The van der Waals surface area contributed by atoms with Crippen LogP contribution in [-0.4, -0.2) is 26.9 Å². The summed E-state index contributed by atoms with van der Waals surface area (Å²) in [6.45, 7) is 1.91. The van der Waals surface area contributed by atoms with Crippen molar-refractivity contribution in [3.8, 4) is 0 Å². The van der Waals surface area contributed by atoms with E-state index in [-0.39, 0.29) is 18.3 Å². The van der Waals surface area contributed by atoms with Gasteiger partial charge in [-0.05, 0) is 34.4 Å². The van der Waals surface area contributed by atoms with Crippen molar-refractivity contribution in [3.63, 3.8) is 0 Å². The van der Waals surface area contributed by atoms with Crippen molar-refractivity contribution in [1.29, 1.82) is 0 Å². The van der Waals surface area contributed by atoms with Crippen molar-refractivity contribution in [2.75, 3.05) is 11.4 Å². The first kappa shape index (κ1) is 15.1. The number of anilines is 1. The number of aryl methyl sites for hydroxylation is 2. The topological polar surface area (TPSA) is 81.3 Å². The van der Waals surface area contributed by atoms with Crippen molar-refractivity contribution >= 4 is 17.4 Å². The van der Waals surface area contributed by atoms with Crippen LogP contribution >= 0.6 is 0 Å². The van der Waals surface area contributed by atoms with Gasteiger partial charge in [-0.25, -0.2) is 4.39 Å². The summed E-state index contributed by atoms with van der Waals surface area (Å²) in [5, 5.41) is 10.7. The lowest BCUT2D eigenvalue weighted by molar-refractivity contribution is -0.389. The van der Waals surface area contributed by atoms with Crippen LogP contribution in [0.4, 0.5) is 15.9 Å². The molecule has 1 aliphatic rings. The standard InChI is InChI=1S/C15H15FN4O3/c1-10-17-13(20(22)23)8-18(10)9-14(21)19-7-3-5-11-4-2-6-12(16)15(11)19/h2,4,6,8H,3,5,7,9H2,1H3. The molecule has 0 unspecified atom stereocenters. The number of benzene rings is 1. The van der Waals surface area contributed by atoms with Crippen molar-refractivity contribution < 1.29 is 14.1 Å². The average Bonchev–Trinajstić information content (AvgIpc) is 2.88. The van der Waals surface area contributed by atoms with Crippen LogP contribution in [0.5, 0.6) is 0 Å². The zero-order valence-electron chi connectivity index (χ0n) is 12.5. The van der Waals surface area contributed by atoms with Gasteiger partial charge in [0.25, 0.3) is 0 Å². The van der Waals surface area contributed by atoms with Gasteiger partial charge < -0.3 is 15.0 Å². The fourth-order valence-corrected chi connectivity index (χ4v) is 2.82. The van der Waals surface area contributed by atoms with Crippen LogP contribution < -0.4 is 4.90 Å². The SMILES string of the molecule is Cc1nc([N+](=O)[O-])cn1CC(=O)N1CCCc2cccc(F)c21. The maximum atomic E-state index is 14.1. The molecule has 2 aromatic rings. The molecule has 0 saturated heterocycles. The second-order valence-electron chi connectivity index (χ2n) is 5.43. The Morgan fingerprint density at radius 1 is 1.48 bits per heavy atom. The highest BCUT2D eigenvalue weighted by Crippen LogP contribution is 2.30. The van der Waals surface area contributed by atoms with E-state index in [1.54, 1.807) is 13.0 Å². The Kier molecular flexibility index (Phi) is 3.81. The monoisotopic (exact) mass is 318 g/mol. The number of fused-ring (bicyclic) bond motifs is 1. The van der Waals surface area contributed by atoms with E-state index in [9.17, 15) is 19.3 Å². The molecule has 2 heterocycles. The van der Waals surface area contributed by atoms with Crippen LogP contribution in [-0.2, 0) is 17.8 Å². The van der Waals surface area contributed by atoms with E-state index in [0.29, 0.717) is 18.1 Å². The third kappa shape index (κ3) is 2.79. The Balaban J connectivity index is 1.87. The minimum Gasteiger partial charge on any atom is -0.358 e. The first-order chi connectivity index (χ1) is 11.0. The lowest BCUT2D eigenvalue weighted by Gasteiger charge is -2.29. The Hall–Kier alpha value is -2.77. The smallest absolute Gasteiger partial charge is 0.358 e. The van der Waals surface area contributed by atoms with Gasteiger partial charge in [0.15, 0.2) is 0 Å². The van der Waals surface area contributed by atoms with Crippen LogP contribution in [0.3, 0.4) is 0 Å². The van der Waals surface area contributed by atoms with Crippen LogP contribution in [0.1, 0.15) is 17.8 Å². The summed E-state index contributed by atoms with van der Waals surface area (Å²) >= 11 is 0. The van der Waals surface area contributed by atoms with Crippen LogP contribution in [0.25, 0.3) is 0 Å². The van der Waals surface area contributed by atoms with Gasteiger partial charge in [0.1, 0.15) is 18.6 Å². The van der Waals surface area contributed by atoms with Gasteiger partial charge in [0.05, 0.1) is 5.69 Å². The minimum atomic E-state index is -0.607. The number of hydrogen-bond acceptors (Lipinski definition) is 4. The minimum absolute atomic E-state index is 0.111. The van der Waals surface area contributed by atoms with E-state index in [4.69, 9.17) is 0 Å². The molecular weight excluding hydrogens is 303 g/mol. The molecule has 23 heavy (non-hydrogen) atoms. The molecule has 3 rings (SSSR count). The van der Waals surface area contributed by atoms with Gasteiger partial charge in [0, 0.05) is 13.5 Å². The average molecular weight is 318 g/mol. The first-order valence-electron chi connectivity index (χ1n) is 7.23. The van der Waals surface area contributed by atoms with E-state index >= 15 is 0 Å². The molecule has 0 bridgehead atoms. The number of nitrogens with zero attached hydrogens (tertiary/aromatic N) is 4. The number of halogens is 1. The van der Waals surface area contributed by atoms with Crippen LogP contribution in [0.15, 0.2) is 24.4 Å². The van der Waals surface area contributed by atoms with Crippen molar-refractivity contribution in [1.82, 2.24) is 9.55 Å². The zero-order chi connectivity index (χ0) is 16.6. The largest absolute Gasteiger partial charge is 0.381 e. The molecule has 1 aromatic heterocycles. The summed E-state index contributed by atoms with van der Waals surface area (Å²) in [6, 6.07) is 4.77. The van der Waals surface area contributed by atoms with E-state index in [0.717, 1.165) is 18.4 Å². The number of rotatable bonds is 3. The molecule has 0 aliphatic carbocycles.